The van der Waals surface area contributed by atoms with Gasteiger partial charge in [0.15, 0.2) is 5.76 Å². The van der Waals surface area contributed by atoms with Crippen LogP contribution in [0.5, 0.6) is 0 Å². The van der Waals surface area contributed by atoms with Crippen LogP contribution in [0.3, 0.4) is 0 Å². The van der Waals surface area contributed by atoms with Crippen molar-refractivity contribution in [1.82, 2.24) is 19.2 Å². The molecule has 0 aliphatic carbocycles. The number of hydrogen-bond acceptors (Lipinski definition) is 3. The number of rotatable bonds is 3. The van der Waals surface area contributed by atoms with Crippen molar-refractivity contribution in [3.63, 3.8) is 0 Å². The van der Waals surface area contributed by atoms with Gasteiger partial charge in [0.25, 0.3) is 0 Å². The lowest BCUT2D eigenvalue weighted by molar-refractivity contribution is 0.577. The summed E-state index contributed by atoms with van der Waals surface area (Å²) in [7, 11) is 0. The molecular formula is C19H14N4O. The van der Waals surface area contributed by atoms with Gasteiger partial charge in [0.1, 0.15) is 0 Å². The van der Waals surface area contributed by atoms with Gasteiger partial charge < -0.3 is 8.98 Å². The minimum Gasteiger partial charge on any atom is -0.461 e. The van der Waals surface area contributed by atoms with Crippen LogP contribution in [0.4, 0.5) is 0 Å². The highest BCUT2D eigenvalue weighted by Crippen LogP contribution is 2.24. The van der Waals surface area contributed by atoms with Crippen LogP contribution in [0.1, 0.15) is 5.56 Å². The first-order chi connectivity index (χ1) is 11.9. The molecular weight excluding hydrogens is 300 g/mol. The van der Waals surface area contributed by atoms with Gasteiger partial charge in [-0.25, -0.2) is 0 Å². The highest BCUT2D eigenvalue weighted by atomic mass is 16.3. The number of nitrogens with zero attached hydrogens (tertiary/aromatic N) is 4. The quantitative estimate of drug-likeness (QED) is 0.506. The molecule has 2 aromatic carbocycles. The fraction of sp³-hybridized carbons (Fsp3) is 0.0526. The second-order valence-corrected chi connectivity index (χ2v) is 5.68. The monoisotopic (exact) mass is 314 g/mol. The van der Waals surface area contributed by atoms with E-state index in [2.05, 4.69) is 46.1 Å². The van der Waals surface area contributed by atoms with Gasteiger partial charge in [0, 0.05) is 0 Å². The summed E-state index contributed by atoms with van der Waals surface area (Å²) >= 11 is 0. The minimum atomic E-state index is 0.600. The molecule has 0 amide bonds. The van der Waals surface area contributed by atoms with Gasteiger partial charge in [-0.3, -0.25) is 0 Å². The molecule has 5 aromatic rings. The van der Waals surface area contributed by atoms with E-state index in [-0.39, 0.29) is 0 Å². The van der Waals surface area contributed by atoms with Crippen LogP contribution in [0.2, 0.25) is 0 Å². The van der Waals surface area contributed by atoms with Crippen LogP contribution in [0.25, 0.3) is 28.4 Å². The van der Waals surface area contributed by atoms with Crippen LogP contribution >= 0.6 is 0 Å². The molecule has 0 unspecified atom stereocenters. The molecule has 0 aliphatic rings. The zero-order valence-corrected chi connectivity index (χ0v) is 12.8. The zero-order valence-electron chi connectivity index (χ0n) is 12.8. The summed E-state index contributed by atoms with van der Waals surface area (Å²) in [4.78, 5) is 4.71. The highest BCUT2D eigenvalue weighted by molar-refractivity contribution is 5.81. The lowest BCUT2D eigenvalue weighted by Crippen LogP contribution is -2.00. The van der Waals surface area contributed by atoms with Gasteiger partial charge in [0.2, 0.25) is 11.6 Å². The molecule has 0 N–H and O–H groups in total. The Labute approximate surface area is 137 Å². The van der Waals surface area contributed by atoms with E-state index in [0.717, 1.165) is 23.4 Å². The van der Waals surface area contributed by atoms with Crippen LogP contribution in [0.15, 0.2) is 77.4 Å². The van der Waals surface area contributed by atoms with E-state index in [1.165, 1.54) is 5.56 Å². The Hall–Kier alpha value is -3.34. The molecule has 0 aliphatic heterocycles. The normalized spacial score (nSPS) is 11.5. The first-order valence-corrected chi connectivity index (χ1v) is 7.82. The van der Waals surface area contributed by atoms with Gasteiger partial charge in [-0.15, -0.1) is 5.10 Å². The van der Waals surface area contributed by atoms with E-state index in [4.69, 9.17) is 9.40 Å². The van der Waals surface area contributed by atoms with Crippen LogP contribution < -0.4 is 0 Å². The molecule has 3 aromatic heterocycles. The van der Waals surface area contributed by atoms with Gasteiger partial charge in [-0.05, 0) is 29.8 Å². The third kappa shape index (κ3) is 1.95. The van der Waals surface area contributed by atoms with Crippen molar-refractivity contribution < 1.29 is 4.42 Å². The Bertz CT molecular complexity index is 1120. The molecule has 3 heterocycles. The average molecular weight is 314 g/mol. The maximum atomic E-state index is 5.44. The molecule has 24 heavy (non-hydrogen) atoms. The van der Waals surface area contributed by atoms with E-state index in [0.29, 0.717) is 11.6 Å². The number of imidazole rings is 1. The molecule has 0 saturated carbocycles. The number of fused-ring (bicyclic) bond motifs is 3. The molecule has 0 saturated heterocycles. The number of para-hydroxylation sites is 2. The summed E-state index contributed by atoms with van der Waals surface area (Å²) in [6.07, 6.45) is 1.64. The van der Waals surface area contributed by atoms with Gasteiger partial charge in [0.05, 0.1) is 23.8 Å². The largest absolute Gasteiger partial charge is 0.461 e. The molecule has 5 nitrogen and oxygen atoms in total. The maximum Gasteiger partial charge on any atom is 0.234 e. The Morgan fingerprint density at radius 1 is 0.833 bits per heavy atom. The third-order valence-corrected chi connectivity index (χ3v) is 4.16. The smallest absolute Gasteiger partial charge is 0.234 e. The SMILES string of the molecule is c1ccc(Cn2c3ccccc3n3nc(-c4ccco4)nc23)cc1. The number of furan rings is 1. The van der Waals surface area contributed by atoms with Gasteiger partial charge in [-0.1, -0.05) is 42.5 Å². The Morgan fingerprint density at radius 2 is 1.62 bits per heavy atom. The fourth-order valence-corrected chi connectivity index (χ4v) is 3.05. The third-order valence-electron chi connectivity index (χ3n) is 4.16. The summed E-state index contributed by atoms with van der Waals surface area (Å²) in [5.41, 5.74) is 3.37. The Balaban J connectivity index is 1.76. The number of hydrogen-bond donors (Lipinski definition) is 0. The van der Waals surface area contributed by atoms with Crippen LogP contribution in [0, 0.1) is 0 Å². The summed E-state index contributed by atoms with van der Waals surface area (Å²) < 4.78 is 9.51. The number of aromatic nitrogens is 4. The lowest BCUT2D eigenvalue weighted by Gasteiger charge is -2.04. The first-order valence-electron chi connectivity index (χ1n) is 7.82. The van der Waals surface area contributed by atoms with Crippen molar-refractivity contribution in [2.75, 3.05) is 0 Å². The molecule has 0 bridgehead atoms. The summed E-state index contributed by atoms with van der Waals surface area (Å²) in [5, 5.41) is 4.64. The minimum absolute atomic E-state index is 0.600. The number of benzene rings is 2. The van der Waals surface area contributed by atoms with E-state index in [9.17, 15) is 0 Å². The second-order valence-electron chi connectivity index (χ2n) is 5.68. The predicted octanol–water partition coefficient (Wildman–Crippen LogP) is 3.99. The molecule has 0 radical (unpaired) electrons. The van der Waals surface area contributed by atoms with Crippen LogP contribution in [-0.2, 0) is 6.54 Å². The Kier molecular flexibility index (Phi) is 2.79. The lowest BCUT2D eigenvalue weighted by atomic mass is 10.2. The molecule has 116 valence electrons. The molecule has 5 heteroatoms. The molecule has 5 rings (SSSR count). The van der Waals surface area contributed by atoms with Crippen molar-refractivity contribution >= 4 is 16.8 Å². The summed E-state index contributed by atoms with van der Waals surface area (Å²) in [6.45, 7) is 0.744. The van der Waals surface area contributed by atoms with Crippen molar-refractivity contribution in [2.24, 2.45) is 0 Å². The Morgan fingerprint density at radius 3 is 2.42 bits per heavy atom. The van der Waals surface area contributed by atoms with E-state index >= 15 is 0 Å². The van der Waals surface area contributed by atoms with E-state index in [1.807, 2.05) is 34.8 Å². The summed E-state index contributed by atoms with van der Waals surface area (Å²) in [5.74, 6) is 2.09. The topological polar surface area (TPSA) is 48.3 Å². The molecule has 0 fully saturated rings. The zero-order chi connectivity index (χ0) is 15.9. The molecule has 0 spiro atoms. The van der Waals surface area contributed by atoms with Gasteiger partial charge >= 0.3 is 0 Å². The van der Waals surface area contributed by atoms with Crippen molar-refractivity contribution in [1.29, 1.82) is 0 Å². The fourth-order valence-electron chi connectivity index (χ4n) is 3.05. The second kappa shape index (κ2) is 5.09. The van der Waals surface area contributed by atoms with E-state index in [1.54, 1.807) is 6.26 Å². The standard InChI is InChI=1S/C19H14N4O/c1-2-7-14(8-3-1)13-22-15-9-4-5-10-16(15)23-19(22)20-18(21-23)17-11-6-12-24-17/h1-12H,13H2. The highest BCUT2D eigenvalue weighted by Gasteiger charge is 2.17. The van der Waals surface area contributed by atoms with Crippen molar-refractivity contribution in [3.05, 3.63) is 78.6 Å². The first kappa shape index (κ1) is 13.1. The van der Waals surface area contributed by atoms with Gasteiger partial charge in [-0.2, -0.15) is 9.50 Å². The van der Waals surface area contributed by atoms with E-state index < -0.39 is 0 Å². The average Bonchev–Trinajstić information content (AvgIpc) is 3.33. The maximum absolute atomic E-state index is 5.44. The summed E-state index contributed by atoms with van der Waals surface area (Å²) in [6, 6.07) is 22.3. The molecule has 0 atom stereocenters. The van der Waals surface area contributed by atoms with Crippen molar-refractivity contribution in [3.8, 4) is 11.6 Å². The predicted molar refractivity (Wildman–Crippen MR) is 91.7 cm³/mol. The van der Waals surface area contributed by atoms with Crippen LogP contribution in [-0.4, -0.2) is 19.2 Å². The van der Waals surface area contributed by atoms with Crippen molar-refractivity contribution in [2.45, 2.75) is 6.54 Å².